The quantitative estimate of drug-likeness (QED) is 0.843. The molecule has 0 aliphatic carbocycles. The number of rotatable bonds is 5. The van der Waals surface area contributed by atoms with Crippen molar-refractivity contribution in [2.75, 3.05) is 0 Å². The van der Waals surface area contributed by atoms with E-state index in [0.29, 0.717) is 12.8 Å². The predicted octanol–water partition coefficient (Wildman–Crippen LogP) is 3.18. The van der Waals surface area contributed by atoms with Crippen molar-refractivity contribution in [1.29, 1.82) is 0 Å². The minimum absolute atomic E-state index is 0.0828. The van der Waals surface area contributed by atoms with Crippen LogP contribution in [0.2, 0.25) is 0 Å². The van der Waals surface area contributed by atoms with E-state index in [0.717, 1.165) is 26.5 Å². The molecule has 1 aromatic rings. The van der Waals surface area contributed by atoms with Gasteiger partial charge in [0, 0.05) is 21.4 Å². The van der Waals surface area contributed by atoms with Crippen molar-refractivity contribution in [3.63, 3.8) is 0 Å². The molecule has 0 saturated heterocycles. The van der Waals surface area contributed by atoms with Gasteiger partial charge in [-0.3, -0.25) is 4.79 Å². The summed E-state index contributed by atoms with van der Waals surface area (Å²) >= 11 is 7.00. The third-order valence-electron chi connectivity index (χ3n) is 2.62. The van der Waals surface area contributed by atoms with Gasteiger partial charge >= 0.3 is 0 Å². The van der Waals surface area contributed by atoms with E-state index in [4.69, 9.17) is 11.5 Å². The van der Waals surface area contributed by atoms with Gasteiger partial charge in [-0.05, 0) is 43.0 Å². The van der Waals surface area contributed by atoms with Crippen LogP contribution < -0.4 is 11.5 Å². The fourth-order valence-electron chi connectivity index (χ4n) is 1.60. The van der Waals surface area contributed by atoms with Crippen molar-refractivity contribution in [3.05, 3.63) is 32.2 Å². The minimum atomic E-state index is -0.277. The van der Waals surface area contributed by atoms with Crippen LogP contribution in [0.5, 0.6) is 0 Å². The first kappa shape index (κ1) is 14.7. The van der Waals surface area contributed by atoms with E-state index < -0.39 is 0 Å². The Hall–Kier alpha value is -0.390. The standard InChI is InChI=1S/C12H16Br2N2O/c1-7-5-10(14)8(6-9(7)13)11(15)3-2-4-12(16)17/h5-6,11H,2-4,15H2,1H3,(H2,16,17). The maximum absolute atomic E-state index is 10.6. The molecule has 0 aliphatic heterocycles. The fraction of sp³-hybridized carbons (Fsp3) is 0.417. The van der Waals surface area contributed by atoms with Gasteiger partial charge in [-0.1, -0.05) is 31.9 Å². The predicted molar refractivity (Wildman–Crippen MR) is 76.6 cm³/mol. The van der Waals surface area contributed by atoms with Crippen LogP contribution in [0.3, 0.4) is 0 Å². The number of amides is 1. The van der Waals surface area contributed by atoms with Gasteiger partial charge in [-0.2, -0.15) is 0 Å². The van der Waals surface area contributed by atoms with Crippen molar-refractivity contribution < 1.29 is 4.79 Å². The van der Waals surface area contributed by atoms with Crippen molar-refractivity contribution in [2.45, 2.75) is 32.2 Å². The molecule has 4 N–H and O–H groups in total. The molecule has 1 unspecified atom stereocenters. The fourth-order valence-corrected chi connectivity index (χ4v) is 2.71. The lowest BCUT2D eigenvalue weighted by Gasteiger charge is -2.15. The Morgan fingerprint density at radius 2 is 2.00 bits per heavy atom. The second kappa shape index (κ2) is 6.52. The van der Waals surface area contributed by atoms with E-state index in [1.165, 1.54) is 0 Å². The lowest BCUT2D eigenvalue weighted by atomic mass is 10.0. The largest absolute Gasteiger partial charge is 0.370 e. The first-order valence-electron chi connectivity index (χ1n) is 5.41. The van der Waals surface area contributed by atoms with Crippen LogP contribution in [0.1, 0.15) is 36.4 Å². The van der Waals surface area contributed by atoms with E-state index in [2.05, 4.69) is 31.9 Å². The topological polar surface area (TPSA) is 69.1 Å². The van der Waals surface area contributed by atoms with E-state index in [1.807, 2.05) is 19.1 Å². The van der Waals surface area contributed by atoms with Crippen molar-refractivity contribution in [2.24, 2.45) is 11.5 Å². The molecule has 0 spiro atoms. The average molecular weight is 364 g/mol. The van der Waals surface area contributed by atoms with Crippen molar-refractivity contribution >= 4 is 37.8 Å². The summed E-state index contributed by atoms with van der Waals surface area (Å²) in [6, 6.07) is 3.97. The molecule has 1 amide bonds. The number of primary amides is 1. The highest BCUT2D eigenvalue weighted by Crippen LogP contribution is 2.30. The molecule has 0 radical (unpaired) electrons. The van der Waals surface area contributed by atoms with E-state index >= 15 is 0 Å². The average Bonchev–Trinajstić information content (AvgIpc) is 2.22. The van der Waals surface area contributed by atoms with E-state index in [9.17, 15) is 4.79 Å². The summed E-state index contributed by atoms with van der Waals surface area (Å²) in [4.78, 5) is 10.6. The highest BCUT2D eigenvalue weighted by atomic mass is 79.9. The van der Waals surface area contributed by atoms with Crippen molar-refractivity contribution in [3.8, 4) is 0 Å². The summed E-state index contributed by atoms with van der Waals surface area (Å²) in [5.74, 6) is -0.277. The molecule has 0 bridgehead atoms. The molecule has 17 heavy (non-hydrogen) atoms. The number of aryl methyl sites for hydroxylation is 1. The Bertz CT molecular complexity index is 421. The molecule has 0 saturated carbocycles. The summed E-state index contributed by atoms with van der Waals surface area (Å²) in [6.07, 6.45) is 1.85. The Balaban J connectivity index is 2.71. The molecule has 0 aromatic heterocycles. The van der Waals surface area contributed by atoms with Gasteiger partial charge in [0.25, 0.3) is 0 Å². The van der Waals surface area contributed by atoms with Crippen LogP contribution in [-0.2, 0) is 4.79 Å². The number of carbonyl (C=O) groups excluding carboxylic acids is 1. The molecule has 0 heterocycles. The molecular weight excluding hydrogens is 348 g/mol. The maximum Gasteiger partial charge on any atom is 0.217 e. The first-order chi connectivity index (χ1) is 7.91. The number of carbonyl (C=O) groups is 1. The monoisotopic (exact) mass is 362 g/mol. The van der Waals surface area contributed by atoms with Crippen molar-refractivity contribution in [1.82, 2.24) is 0 Å². The third kappa shape index (κ3) is 4.41. The Morgan fingerprint density at radius 1 is 1.35 bits per heavy atom. The third-order valence-corrected chi connectivity index (χ3v) is 4.16. The van der Waals surface area contributed by atoms with Crippen LogP contribution in [0.15, 0.2) is 21.1 Å². The van der Waals surface area contributed by atoms with Gasteiger partial charge in [-0.15, -0.1) is 0 Å². The molecule has 0 fully saturated rings. The lowest BCUT2D eigenvalue weighted by Crippen LogP contribution is -2.14. The molecule has 3 nitrogen and oxygen atoms in total. The lowest BCUT2D eigenvalue weighted by molar-refractivity contribution is -0.118. The molecule has 1 atom stereocenters. The number of benzene rings is 1. The molecule has 1 rings (SSSR count). The number of hydrogen-bond donors (Lipinski definition) is 2. The second-order valence-corrected chi connectivity index (χ2v) is 5.80. The summed E-state index contributed by atoms with van der Waals surface area (Å²) in [6.45, 7) is 2.03. The van der Waals surface area contributed by atoms with Gasteiger partial charge in [0.05, 0.1) is 0 Å². The summed E-state index contributed by atoms with van der Waals surface area (Å²) in [5.41, 5.74) is 13.4. The number of nitrogens with two attached hydrogens (primary N) is 2. The Kier molecular flexibility index (Phi) is 5.62. The number of halogens is 2. The van der Waals surface area contributed by atoms with E-state index in [-0.39, 0.29) is 11.9 Å². The van der Waals surface area contributed by atoms with Crippen LogP contribution in [0.25, 0.3) is 0 Å². The van der Waals surface area contributed by atoms with Crippen LogP contribution in [0.4, 0.5) is 0 Å². The zero-order chi connectivity index (χ0) is 13.0. The molecule has 0 aliphatic rings. The summed E-state index contributed by atoms with van der Waals surface area (Å²) < 4.78 is 2.05. The highest BCUT2D eigenvalue weighted by Gasteiger charge is 2.12. The van der Waals surface area contributed by atoms with Gasteiger partial charge < -0.3 is 11.5 Å². The molecule has 5 heteroatoms. The van der Waals surface area contributed by atoms with E-state index in [1.54, 1.807) is 0 Å². The van der Waals surface area contributed by atoms with Gasteiger partial charge in [0.2, 0.25) is 5.91 Å². The second-order valence-electron chi connectivity index (χ2n) is 4.09. The SMILES string of the molecule is Cc1cc(Br)c(C(N)CCCC(N)=O)cc1Br. The van der Waals surface area contributed by atoms with Crippen LogP contribution >= 0.6 is 31.9 Å². The summed E-state index contributed by atoms with van der Waals surface area (Å²) in [7, 11) is 0. The highest BCUT2D eigenvalue weighted by molar-refractivity contribution is 9.11. The van der Waals surface area contributed by atoms with Crippen LogP contribution in [0, 0.1) is 6.92 Å². The molecular formula is C12H16Br2N2O. The van der Waals surface area contributed by atoms with Gasteiger partial charge in [0.1, 0.15) is 0 Å². The molecule has 94 valence electrons. The Morgan fingerprint density at radius 3 is 2.59 bits per heavy atom. The smallest absolute Gasteiger partial charge is 0.217 e. The Labute approximate surface area is 118 Å². The van der Waals surface area contributed by atoms with Gasteiger partial charge in [0.15, 0.2) is 0 Å². The first-order valence-corrected chi connectivity index (χ1v) is 7.00. The van der Waals surface area contributed by atoms with Gasteiger partial charge in [-0.25, -0.2) is 0 Å². The normalized spacial score (nSPS) is 12.5. The maximum atomic E-state index is 10.6. The molecule has 1 aromatic carbocycles. The zero-order valence-electron chi connectivity index (χ0n) is 9.67. The zero-order valence-corrected chi connectivity index (χ0v) is 12.8. The summed E-state index contributed by atoms with van der Waals surface area (Å²) in [5, 5.41) is 0. The van der Waals surface area contributed by atoms with Crippen LogP contribution in [-0.4, -0.2) is 5.91 Å². The number of hydrogen-bond acceptors (Lipinski definition) is 2. The minimum Gasteiger partial charge on any atom is -0.370 e.